The SMILES string of the molecule is [2H]NC(O)(N[2H])[C@@](O)(N[2H])[C@](O)(N[2H])[C@@](O)(N[2H])[C@](O)(CO)N[2H]. The summed E-state index contributed by atoms with van der Waals surface area (Å²) in [4.78, 5) is 0. The molecule has 12 heteroatoms. The zero-order chi connectivity index (χ0) is 19.4. The van der Waals surface area contributed by atoms with Gasteiger partial charge in [-0.1, -0.05) is 0 Å². The van der Waals surface area contributed by atoms with Crippen LogP contribution in [0.5, 0.6) is 0 Å². The molecule has 4 atom stereocenters. The lowest BCUT2D eigenvalue weighted by atomic mass is 9.81. The van der Waals surface area contributed by atoms with Crippen LogP contribution in [0.3, 0.4) is 0 Å². The molecule has 0 saturated heterocycles. The number of hydrogen-bond donors (Lipinski definition) is 12. The molecular weight excluding hydrogens is 252 g/mol. The maximum Gasteiger partial charge on any atom is 0.218 e. The molecule has 18 N–H and O–H groups in total. The third-order valence-electron chi connectivity index (χ3n) is 2.40. The van der Waals surface area contributed by atoms with E-state index in [4.69, 9.17) is 13.6 Å². The van der Waals surface area contributed by atoms with E-state index in [0.717, 1.165) is 28.6 Å². The summed E-state index contributed by atoms with van der Waals surface area (Å²) < 4.78 is 41.9. The molecule has 110 valence electrons. The fourth-order valence-electron chi connectivity index (χ4n) is 0.937. The van der Waals surface area contributed by atoms with Gasteiger partial charge >= 0.3 is 0 Å². The van der Waals surface area contributed by atoms with Crippen molar-refractivity contribution in [3.8, 4) is 0 Å². The Morgan fingerprint density at radius 3 is 1.50 bits per heavy atom. The smallest absolute Gasteiger partial charge is 0.218 e. The van der Waals surface area contributed by atoms with Crippen LogP contribution in [0.2, 0.25) is 8.47 Å². The summed E-state index contributed by atoms with van der Waals surface area (Å²) in [6.07, 6.45) is 0. The zero-order valence-electron chi connectivity index (χ0n) is 14.9. The number of rotatable bonds is 11. The third-order valence-corrected chi connectivity index (χ3v) is 2.40. The largest absolute Gasteiger partial charge is 0.392 e. The van der Waals surface area contributed by atoms with Crippen molar-refractivity contribution in [1.82, 2.24) is 0 Å². The highest BCUT2D eigenvalue weighted by atomic mass is 16.5. The van der Waals surface area contributed by atoms with E-state index in [9.17, 15) is 25.5 Å². The van der Waals surface area contributed by atoms with Crippen molar-refractivity contribution in [2.24, 2.45) is 34.4 Å². The molecule has 0 spiro atoms. The molecule has 0 bridgehead atoms. The molecule has 0 unspecified atom stereocenters. The van der Waals surface area contributed by atoms with E-state index in [1.54, 1.807) is 0 Å². The van der Waals surface area contributed by atoms with Gasteiger partial charge in [0.15, 0.2) is 5.72 Å². The Balaban J connectivity index is 6.70. The second-order valence-corrected chi connectivity index (χ2v) is 3.86. The predicted octanol–water partition coefficient (Wildman–Crippen LogP) is -7.87. The second kappa shape index (κ2) is 4.27. The summed E-state index contributed by atoms with van der Waals surface area (Å²) in [5.41, 5.74) is -8.40. The van der Waals surface area contributed by atoms with Crippen LogP contribution in [0.15, 0.2) is 0 Å². The maximum absolute atomic E-state index is 10.5. The van der Waals surface area contributed by atoms with Crippen molar-refractivity contribution >= 4 is 0 Å². The molecule has 0 aromatic carbocycles. The Morgan fingerprint density at radius 1 is 0.722 bits per heavy atom. The third kappa shape index (κ3) is 2.21. The topological polar surface area (TPSA) is 278 Å². The van der Waals surface area contributed by atoms with Crippen LogP contribution in [0.1, 0.15) is 0 Å². The predicted molar refractivity (Wildman–Crippen MR) is 57.0 cm³/mol. The monoisotopic (exact) mass is 278 g/mol. The summed E-state index contributed by atoms with van der Waals surface area (Å²) >= 11 is 0. The van der Waals surface area contributed by atoms with Crippen molar-refractivity contribution in [3.63, 3.8) is 0 Å². The first kappa shape index (κ1) is 9.43. The number of aliphatic hydroxyl groups excluding tert-OH is 1. The van der Waals surface area contributed by atoms with E-state index in [1.165, 1.54) is 5.73 Å². The Morgan fingerprint density at radius 2 is 1.22 bits per heavy atom. The fourth-order valence-corrected chi connectivity index (χ4v) is 0.937. The summed E-state index contributed by atoms with van der Waals surface area (Å²) in [7, 11) is 0. The minimum absolute atomic E-state index is 1.05. The van der Waals surface area contributed by atoms with Crippen molar-refractivity contribution < 1.29 is 39.1 Å². The number of hydrogen-bond acceptors (Lipinski definition) is 12. The standard InChI is InChI=1S/C6H20N6O6/c7-2(14,1-13)3(8,15)4(9,16)5(10,17)6(11,12)18/h13-18H,1,7-12H2/t2-,3-,4+,5-/m1/s1/i/hD6. The Labute approximate surface area is 110 Å². The number of aliphatic hydroxyl groups is 6. The first-order valence-corrected chi connectivity index (χ1v) is 4.29. The van der Waals surface area contributed by atoms with Crippen LogP contribution >= 0.6 is 0 Å². The Bertz CT molecular complexity index is 387. The minimum Gasteiger partial charge on any atom is -0.392 e. The second-order valence-electron chi connectivity index (χ2n) is 3.86. The normalized spacial score (nSPS) is 31.0. The average molecular weight is 278 g/mol. The van der Waals surface area contributed by atoms with Crippen molar-refractivity contribution in [2.45, 2.75) is 28.7 Å². The molecule has 0 aliphatic carbocycles. The highest BCUT2D eigenvalue weighted by molar-refractivity contribution is 5.14. The fraction of sp³-hybridized carbons (Fsp3) is 1.00. The van der Waals surface area contributed by atoms with Gasteiger partial charge in [-0.3, -0.25) is 34.4 Å². The summed E-state index contributed by atoms with van der Waals surface area (Å²) in [6, 6.07) is 0. The molecule has 0 aromatic rings. The Kier molecular flexibility index (Phi) is 2.24. The van der Waals surface area contributed by atoms with E-state index >= 15 is 0 Å². The van der Waals surface area contributed by atoms with E-state index in [2.05, 4.69) is 0 Å². The van der Waals surface area contributed by atoms with Crippen LogP contribution in [-0.2, 0) is 0 Å². The van der Waals surface area contributed by atoms with Crippen molar-refractivity contribution in [2.75, 3.05) is 6.61 Å². The van der Waals surface area contributed by atoms with Gasteiger partial charge in [0.2, 0.25) is 23.0 Å². The van der Waals surface area contributed by atoms with Crippen LogP contribution in [0.4, 0.5) is 0 Å². The van der Waals surface area contributed by atoms with Gasteiger partial charge in [-0.25, -0.2) is 0 Å². The molecule has 0 aliphatic heterocycles. The molecule has 0 rings (SSSR count). The van der Waals surface area contributed by atoms with E-state index in [-0.39, 0.29) is 0 Å². The van der Waals surface area contributed by atoms with Gasteiger partial charge in [0, 0.05) is 0 Å². The van der Waals surface area contributed by atoms with E-state index < -0.39 is 35.4 Å². The molecular formula is C6H20N6O6. The molecule has 0 amide bonds. The highest BCUT2D eigenvalue weighted by Gasteiger charge is 2.69. The average Bonchev–Trinajstić information content (AvgIpc) is 2.63. The van der Waals surface area contributed by atoms with Crippen molar-refractivity contribution in [3.05, 3.63) is 0 Å². The maximum atomic E-state index is 10.5. The van der Waals surface area contributed by atoms with E-state index in [1.807, 2.05) is 0 Å². The Hall–Kier alpha value is -0.480. The van der Waals surface area contributed by atoms with Gasteiger partial charge < -0.3 is 30.6 Å². The highest BCUT2D eigenvalue weighted by Crippen LogP contribution is 2.30. The van der Waals surface area contributed by atoms with Gasteiger partial charge in [0.1, 0.15) is 8.47 Å². The first-order chi connectivity index (χ1) is 10.9. The van der Waals surface area contributed by atoms with Crippen LogP contribution < -0.4 is 34.4 Å². The molecule has 0 heterocycles. The minimum atomic E-state index is -3.95. The lowest BCUT2D eigenvalue weighted by Crippen LogP contribution is -2.93. The summed E-state index contributed by atoms with van der Waals surface area (Å²) in [5, 5.41) is 60.3. The molecule has 18 heavy (non-hydrogen) atoms. The first-order valence-electron chi connectivity index (χ1n) is 7.29. The molecule has 0 saturated carbocycles. The van der Waals surface area contributed by atoms with Gasteiger partial charge in [-0.2, -0.15) is 0 Å². The van der Waals surface area contributed by atoms with Gasteiger partial charge in [-0.15, -0.1) is 0 Å². The van der Waals surface area contributed by atoms with Gasteiger partial charge in [0.25, 0.3) is 0 Å². The van der Waals surface area contributed by atoms with E-state index in [0.29, 0.717) is 0 Å². The van der Waals surface area contributed by atoms with Crippen LogP contribution in [0, 0.1) is 0 Å². The molecule has 0 radical (unpaired) electrons. The quantitative estimate of drug-likeness (QED) is 0.157. The summed E-state index contributed by atoms with van der Waals surface area (Å²) in [6.45, 7) is -1.60. The molecule has 12 nitrogen and oxygen atoms in total. The molecule has 0 aromatic heterocycles. The summed E-state index contributed by atoms with van der Waals surface area (Å²) in [5.74, 6) is -3.51. The van der Waals surface area contributed by atoms with Crippen LogP contribution in [-0.4, -0.2) is 66.0 Å². The lowest BCUT2D eigenvalue weighted by molar-refractivity contribution is -0.333. The van der Waals surface area contributed by atoms with Crippen molar-refractivity contribution in [1.29, 1.82) is 0 Å². The number of nitrogens with two attached hydrogens (primary N) is 6. The zero-order valence-corrected chi connectivity index (χ0v) is 8.89. The lowest BCUT2D eigenvalue weighted by Gasteiger charge is -2.53. The molecule has 0 fully saturated rings. The van der Waals surface area contributed by atoms with Gasteiger partial charge in [-0.05, 0) is 0 Å². The van der Waals surface area contributed by atoms with Gasteiger partial charge in [0.05, 0.1) is 6.61 Å². The van der Waals surface area contributed by atoms with Crippen LogP contribution in [0.25, 0.3) is 0 Å². The molecule has 0 aliphatic rings.